The van der Waals surface area contributed by atoms with Gasteiger partial charge in [0.15, 0.2) is 0 Å². The maximum atomic E-state index is 10.7. The van der Waals surface area contributed by atoms with Gasteiger partial charge in [-0.05, 0) is 12.5 Å². The Kier molecular flexibility index (Phi) is 4.42. The van der Waals surface area contributed by atoms with Crippen LogP contribution in [0.3, 0.4) is 0 Å². The molecular formula is C11H13N3O2. The fourth-order valence-electron chi connectivity index (χ4n) is 1.43. The maximum absolute atomic E-state index is 10.7. The van der Waals surface area contributed by atoms with Gasteiger partial charge in [-0.3, -0.25) is 10.1 Å². The summed E-state index contributed by atoms with van der Waals surface area (Å²) in [6, 6.07) is 7.04. The Morgan fingerprint density at radius 1 is 1.56 bits per heavy atom. The van der Waals surface area contributed by atoms with Crippen molar-refractivity contribution < 1.29 is 4.92 Å². The van der Waals surface area contributed by atoms with E-state index in [-0.39, 0.29) is 10.6 Å². The molecular weight excluding hydrogens is 206 g/mol. The van der Waals surface area contributed by atoms with Gasteiger partial charge in [0.2, 0.25) is 0 Å². The summed E-state index contributed by atoms with van der Waals surface area (Å²) in [5, 5.41) is 22.1. The maximum Gasteiger partial charge on any atom is 0.272 e. The second-order valence-electron chi connectivity index (χ2n) is 3.40. The summed E-state index contributed by atoms with van der Waals surface area (Å²) in [7, 11) is 0. The lowest BCUT2D eigenvalue weighted by Gasteiger charge is -2.06. The number of hydrogen-bond acceptors (Lipinski definition) is 4. The number of hydrogen-bond donors (Lipinski definition) is 1. The lowest BCUT2D eigenvalue weighted by Crippen LogP contribution is -2.15. The molecule has 0 saturated carbocycles. The van der Waals surface area contributed by atoms with Crippen LogP contribution >= 0.6 is 0 Å². The first-order chi connectivity index (χ1) is 7.66. The van der Waals surface area contributed by atoms with Crippen molar-refractivity contribution in [2.45, 2.75) is 19.9 Å². The van der Waals surface area contributed by atoms with Crippen LogP contribution in [0.4, 0.5) is 5.69 Å². The second-order valence-corrected chi connectivity index (χ2v) is 3.40. The highest BCUT2D eigenvalue weighted by Gasteiger charge is 2.12. The van der Waals surface area contributed by atoms with Crippen molar-refractivity contribution in [3.05, 3.63) is 39.4 Å². The zero-order chi connectivity index (χ0) is 12.0. The third-order valence-corrected chi connectivity index (χ3v) is 2.34. The van der Waals surface area contributed by atoms with E-state index in [1.807, 2.05) is 12.1 Å². The number of rotatable bonds is 5. The van der Waals surface area contributed by atoms with Gasteiger partial charge in [-0.15, -0.1) is 0 Å². The first kappa shape index (κ1) is 12.1. The summed E-state index contributed by atoms with van der Waals surface area (Å²) in [5.41, 5.74) is 1.71. The van der Waals surface area contributed by atoms with Crippen LogP contribution in [0.15, 0.2) is 18.2 Å². The average molecular weight is 219 g/mol. The van der Waals surface area contributed by atoms with E-state index in [0.717, 1.165) is 5.56 Å². The number of benzene rings is 1. The minimum absolute atomic E-state index is 0.139. The predicted molar refractivity (Wildman–Crippen MR) is 59.8 cm³/mol. The Labute approximate surface area is 93.9 Å². The molecule has 0 atom stereocenters. The van der Waals surface area contributed by atoms with Crippen LogP contribution in [0, 0.1) is 28.4 Å². The number of nitro groups is 1. The molecule has 0 fully saturated rings. The van der Waals surface area contributed by atoms with Gasteiger partial charge in [0.05, 0.1) is 11.0 Å². The van der Waals surface area contributed by atoms with Crippen LogP contribution in [-0.2, 0) is 6.54 Å². The minimum Gasteiger partial charge on any atom is -0.312 e. The highest BCUT2D eigenvalue weighted by Crippen LogP contribution is 2.20. The van der Waals surface area contributed by atoms with Gasteiger partial charge in [-0.1, -0.05) is 12.1 Å². The van der Waals surface area contributed by atoms with Crippen LogP contribution in [-0.4, -0.2) is 11.5 Å². The molecule has 5 nitrogen and oxygen atoms in total. The highest BCUT2D eigenvalue weighted by atomic mass is 16.6. The first-order valence-corrected chi connectivity index (χ1v) is 4.97. The van der Waals surface area contributed by atoms with E-state index in [2.05, 4.69) is 5.32 Å². The largest absolute Gasteiger partial charge is 0.312 e. The number of nitrogens with zero attached hydrogens (tertiary/aromatic N) is 2. The molecule has 0 aliphatic carbocycles. The summed E-state index contributed by atoms with van der Waals surface area (Å²) in [5.74, 6) is 0. The molecule has 1 N–H and O–H groups in total. The summed E-state index contributed by atoms with van der Waals surface area (Å²) in [6.07, 6.45) is 0.438. The molecule has 0 heterocycles. The van der Waals surface area contributed by atoms with Gasteiger partial charge in [0.25, 0.3) is 5.69 Å². The molecule has 84 valence electrons. The zero-order valence-electron chi connectivity index (χ0n) is 9.06. The van der Waals surface area contributed by atoms with Gasteiger partial charge < -0.3 is 5.32 Å². The smallest absolute Gasteiger partial charge is 0.272 e. The highest BCUT2D eigenvalue weighted by molar-refractivity contribution is 5.44. The van der Waals surface area contributed by atoms with E-state index >= 15 is 0 Å². The monoisotopic (exact) mass is 219 g/mol. The predicted octanol–water partition coefficient (Wildman–Crippen LogP) is 1.91. The minimum atomic E-state index is -0.381. The first-order valence-electron chi connectivity index (χ1n) is 4.97. The second kappa shape index (κ2) is 5.83. The van der Waals surface area contributed by atoms with E-state index in [9.17, 15) is 10.1 Å². The topological polar surface area (TPSA) is 79.0 Å². The molecule has 0 aliphatic heterocycles. The molecule has 0 spiro atoms. The van der Waals surface area contributed by atoms with Crippen LogP contribution in [0.2, 0.25) is 0 Å². The lowest BCUT2D eigenvalue weighted by atomic mass is 10.1. The Morgan fingerprint density at radius 2 is 2.31 bits per heavy atom. The van der Waals surface area contributed by atoms with Gasteiger partial charge in [0.1, 0.15) is 0 Å². The lowest BCUT2D eigenvalue weighted by molar-refractivity contribution is -0.385. The summed E-state index contributed by atoms with van der Waals surface area (Å²) < 4.78 is 0. The third kappa shape index (κ3) is 3.04. The number of nitriles is 1. The Hall–Kier alpha value is -1.93. The fraction of sp³-hybridized carbons (Fsp3) is 0.364. The average Bonchev–Trinajstić information content (AvgIpc) is 2.26. The molecule has 0 amide bonds. The molecule has 0 radical (unpaired) electrons. The van der Waals surface area contributed by atoms with E-state index in [1.54, 1.807) is 13.0 Å². The van der Waals surface area contributed by atoms with Crippen molar-refractivity contribution in [1.29, 1.82) is 5.26 Å². The summed E-state index contributed by atoms with van der Waals surface area (Å²) >= 11 is 0. The molecule has 1 aromatic rings. The standard InChI is InChI=1S/C11H13N3O2/c1-9-10(8-13-7-3-6-12)4-2-5-11(9)14(15)16/h2,4-5,13H,3,7-8H2,1H3. The molecule has 16 heavy (non-hydrogen) atoms. The van der Waals surface area contributed by atoms with Crippen LogP contribution in [0.5, 0.6) is 0 Å². The molecule has 0 bridgehead atoms. The molecule has 0 saturated heterocycles. The van der Waals surface area contributed by atoms with E-state index < -0.39 is 0 Å². The van der Waals surface area contributed by atoms with Crippen molar-refractivity contribution in [1.82, 2.24) is 5.32 Å². The van der Waals surface area contributed by atoms with Gasteiger partial charge >= 0.3 is 0 Å². The van der Waals surface area contributed by atoms with Crippen molar-refractivity contribution >= 4 is 5.69 Å². The van der Waals surface area contributed by atoms with E-state index in [0.29, 0.717) is 25.1 Å². The van der Waals surface area contributed by atoms with E-state index in [1.165, 1.54) is 6.07 Å². The van der Waals surface area contributed by atoms with Crippen molar-refractivity contribution in [2.75, 3.05) is 6.54 Å². The van der Waals surface area contributed by atoms with Crippen molar-refractivity contribution in [3.8, 4) is 6.07 Å². The van der Waals surface area contributed by atoms with Gasteiger partial charge in [-0.25, -0.2) is 0 Å². The van der Waals surface area contributed by atoms with Gasteiger partial charge in [-0.2, -0.15) is 5.26 Å². The zero-order valence-corrected chi connectivity index (χ0v) is 9.06. The molecule has 1 rings (SSSR count). The summed E-state index contributed by atoms with van der Waals surface area (Å²) in [4.78, 5) is 10.3. The van der Waals surface area contributed by atoms with Crippen molar-refractivity contribution in [3.63, 3.8) is 0 Å². The molecule has 0 unspecified atom stereocenters. The van der Waals surface area contributed by atoms with Crippen LogP contribution < -0.4 is 5.32 Å². The van der Waals surface area contributed by atoms with E-state index in [4.69, 9.17) is 5.26 Å². The third-order valence-electron chi connectivity index (χ3n) is 2.34. The quantitative estimate of drug-likeness (QED) is 0.466. The van der Waals surface area contributed by atoms with Crippen LogP contribution in [0.1, 0.15) is 17.5 Å². The molecule has 5 heteroatoms. The fourth-order valence-corrected chi connectivity index (χ4v) is 1.43. The molecule has 0 aromatic heterocycles. The Balaban J connectivity index is 2.70. The normalized spacial score (nSPS) is 9.75. The SMILES string of the molecule is Cc1c(CNCCC#N)cccc1[N+](=O)[O-]. The molecule has 1 aromatic carbocycles. The van der Waals surface area contributed by atoms with Crippen LogP contribution in [0.25, 0.3) is 0 Å². The Morgan fingerprint density at radius 3 is 2.94 bits per heavy atom. The number of nitrogens with one attached hydrogen (secondary N) is 1. The molecule has 0 aliphatic rings. The Bertz CT molecular complexity index is 424. The van der Waals surface area contributed by atoms with Crippen molar-refractivity contribution in [2.24, 2.45) is 0 Å². The van der Waals surface area contributed by atoms with Gasteiger partial charge in [0, 0.05) is 31.1 Å². The number of nitro benzene ring substituents is 1. The summed E-state index contributed by atoms with van der Waals surface area (Å²) in [6.45, 7) is 2.88.